The van der Waals surface area contributed by atoms with Crippen molar-refractivity contribution >= 4 is 35.3 Å². The third kappa shape index (κ3) is 18.6. The van der Waals surface area contributed by atoms with Crippen molar-refractivity contribution in [1.29, 1.82) is 0 Å². The van der Waals surface area contributed by atoms with Crippen LogP contribution < -0.4 is 0 Å². The molecule has 0 radical (unpaired) electrons. The van der Waals surface area contributed by atoms with E-state index in [1.54, 1.807) is 11.3 Å². The third-order valence-electron chi connectivity index (χ3n) is 5.64. The van der Waals surface area contributed by atoms with Crippen molar-refractivity contribution in [3.05, 3.63) is 3.95 Å². The van der Waals surface area contributed by atoms with E-state index in [9.17, 15) is 0 Å². The van der Waals surface area contributed by atoms with Crippen molar-refractivity contribution in [2.24, 2.45) is 0 Å². The Morgan fingerprint density at radius 1 is 0.655 bits per heavy atom. The second-order valence-corrected chi connectivity index (χ2v) is 11.5. The summed E-state index contributed by atoms with van der Waals surface area (Å²) < 4.78 is 1.88. The van der Waals surface area contributed by atoms with E-state index in [0.717, 1.165) is 8.29 Å². The van der Waals surface area contributed by atoms with Gasteiger partial charge in [-0.1, -0.05) is 152 Å². The van der Waals surface area contributed by atoms with Gasteiger partial charge in [-0.15, -0.1) is 0 Å². The number of aromatic amines is 1. The third-order valence-corrected chi connectivity index (χ3v) is 7.96. The Hall–Kier alpha value is 0.130. The van der Waals surface area contributed by atoms with Gasteiger partial charge >= 0.3 is 0 Å². The summed E-state index contributed by atoms with van der Waals surface area (Å²) in [6.07, 6.45) is 28.8. The average Bonchev–Trinajstić information content (AvgIpc) is 3.14. The lowest BCUT2D eigenvalue weighted by Gasteiger charge is -2.04. The quantitative estimate of drug-likeness (QED) is 0.106. The molecule has 2 nitrogen and oxygen atoms in total. The predicted octanol–water partition coefficient (Wildman–Crippen LogP) is 10.1. The number of hydrogen-bond acceptors (Lipinski definition) is 4. The molecule has 170 valence electrons. The summed E-state index contributed by atoms with van der Waals surface area (Å²) in [4.78, 5) is 0. The van der Waals surface area contributed by atoms with Gasteiger partial charge in [0, 0.05) is 5.75 Å². The fraction of sp³-hybridized carbons (Fsp3) is 0.917. The summed E-state index contributed by atoms with van der Waals surface area (Å²) in [5.74, 6) is 1.18. The number of nitrogens with one attached hydrogen (secondary N) is 1. The number of aromatic nitrogens is 2. The number of unbranched alkanes of at least 4 members (excludes halogenated alkanes) is 19. The van der Waals surface area contributed by atoms with E-state index in [2.05, 4.69) is 17.1 Å². The molecule has 29 heavy (non-hydrogen) atoms. The van der Waals surface area contributed by atoms with E-state index in [1.165, 1.54) is 134 Å². The molecule has 0 spiro atoms. The Labute approximate surface area is 194 Å². The molecule has 1 aromatic rings. The summed E-state index contributed by atoms with van der Waals surface area (Å²) in [7, 11) is 0. The zero-order valence-electron chi connectivity index (χ0n) is 19.0. The van der Waals surface area contributed by atoms with Gasteiger partial charge in [0.1, 0.15) is 0 Å². The Balaban J connectivity index is 1.66. The molecule has 0 aliphatic rings. The SMILES string of the molecule is CCCCCCCCCCCCCCCCCCCCCCSc1n[nH]c(=S)s1. The molecular formula is C24H46N2S3. The molecule has 0 amide bonds. The van der Waals surface area contributed by atoms with E-state index in [-0.39, 0.29) is 0 Å². The van der Waals surface area contributed by atoms with Gasteiger partial charge in [-0.05, 0) is 18.6 Å². The molecule has 0 aromatic carbocycles. The minimum Gasteiger partial charge on any atom is -0.257 e. The van der Waals surface area contributed by atoms with E-state index < -0.39 is 0 Å². The molecule has 1 N–H and O–H groups in total. The first-order valence-electron chi connectivity index (χ1n) is 12.5. The van der Waals surface area contributed by atoms with Gasteiger partial charge in [-0.3, -0.25) is 5.10 Å². The van der Waals surface area contributed by atoms with E-state index >= 15 is 0 Å². The summed E-state index contributed by atoms with van der Waals surface area (Å²) in [5, 5.41) is 7.04. The molecule has 0 aliphatic heterocycles. The predicted molar refractivity (Wildman–Crippen MR) is 136 cm³/mol. The van der Waals surface area contributed by atoms with Crippen molar-refractivity contribution < 1.29 is 0 Å². The fourth-order valence-electron chi connectivity index (χ4n) is 3.79. The molecule has 0 unspecified atom stereocenters. The molecule has 0 bridgehead atoms. The Bertz CT molecular complexity index is 498. The molecule has 1 heterocycles. The molecule has 0 atom stereocenters. The first-order valence-corrected chi connectivity index (χ1v) is 14.7. The standard InChI is InChI=1S/C24H46N2S3/c1-2-3-4-5-6-7-8-9-10-11-12-13-14-15-16-17-18-19-20-21-22-28-24-26-25-23(27)29-24/h2-22H2,1H3,(H,25,27). The highest BCUT2D eigenvalue weighted by Gasteiger charge is 1.99. The second kappa shape index (κ2) is 21.4. The van der Waals surface area contributed by atoms with Crippen LogP contribution in [0.2, 0.25) is 0 Å². The van der Waals surface area contributed by atoms with Gasteiger partial charge < -0.3 is 0 Å². The zero-order chi connectivity index (χ0) is 20.8. The zero-order valence-corrected chi connectivity index (χ0v) is 21.5. The maximum absolute atomic E-state index is 5.05. The highest BCUT2D eigenvalue weighted by Crippen LogP contribution is 2.22. The van der Waals surface area contributed by atoms with Crippen LogP contribution in [0, 0.1) is 3.95 Å². The van der Waals surface area contributed by atoms with Crippen molar-refractivity contribution in [1.82, 2.24) is 10.2 Å². The van der Waals surface area contributed by atoms with Crippen LogP contribution in [-0.4, -0.2) is 16.0 Å². The molecule has 0 fully saturated rings. The lowest BCUT2D eigenvalue weighted by molar-refractivity contribution is 0.523. The topological polar surface area (TPSA) is 28.7 Å². The van der Waals surface area contributed by atoms with Crippen LogP contribution in [0.4, 0.5) is 0 Å². The summed E-state index contributed by atoms with van der Waals surface area (Å²) in [6, 6.07) is 0. The number of hydrogen-bond donors (Lipinski definition) is 1. The van der Waals surface area contributed by atoms with E-state index in [1.807, 2.05) is 11.8 Å². The highest BCUT2D eigenvalue weighted by molar-refractivity contribution is 8.01. The minimum atomic E-state index is 0.788. The van der Waals surface area contributed by atoms with Gasteiger partial charge in [0.05, 0.1) is 0 Å². The van der Waals surface area contributed by atoms with Crippen LogP contribution >= 0.6 is 35.3 Å². The maximum Gasteiger partial charge on any atom is 0.177 e. The van der Waals surface area contributed by atoms with Crippen LogP contribution in [0.1, 0.15) is 135 Å². The largest absolute Gasteiger partial charge is 0.257 e. The Morgan fingerprint density at radius 3 is 1.38 bits per heavy atom. The fourth-order valence-corrected chi connectivity index (χ4v) is 5.95. The molecule has 0 saturated carbocycles. The number of rotatable bonds is 22. The number of H-pyrrole nitrogens is 1. The molecule has 1 rings (SSSR count). The van der Waals surface area contributed by atoms with Crippen molar-refractivity contribution in [2.75, 3.05) is 5.75 Å². The number of thioether (sulfide) groups is 1. The first kappa shape index (κ1) is 27.2. The lowest BCUT2D eigenvalue weighted by Crippen LogP contribution is -1.85. The maximum atomic E-state index is 5.05. The smallest absolute Gasteiger partial charge is 0.177 e. The van der Waals surface area contributed by atoms with Gasteiger partial charge in [0.25, 0.3) is 0 Å². The summed E-state index contributed by atoms with van der Waals surface area (Å²) in [6.45, 7) is 2.30. The van der Waals surface area contributed by atoms with Crippen LogP contribution in [-0.2, 0) is 0 Å². The summed E-state index contributed by atoms with van der Waals surface area (Å²) >= 11 is 8.48. The van der Waals surface area contributed by atoms with Crippen molar-refractivity contribution in [3.63, 3.8) is 0 Å². The van der Waals surface area contributed by atoms with Crippen LogP contribution in [0.25, 0.3) is 0 Å². The van der Waals surface area contributed by atoms with Crippen LogP contribution in [0.15, 0.2) is 4.34 Å². The lowest BCUT2D eigenvalue weighted by atomic mass is 10.0. The molecule has 1 aromatic heterocycles. The van der Waals surface area contributed by atoms with Gasteiger partial charge in [-0.2, -0.15) is 5.10 Å². The van der Waals surface area contributed by atoms with Crippen LogP contribution in [0.3, 0.4) is 0 Å². The normalized spacial score (nSPS) is 11.3. The number of nitrogens with zero attached hydrogens (tertiary/aromatic N) is 1. The van der Waals surface area contributed by atoms with Crippen LogP contribution in [0.5, 0.6) is 0 Å². The van der Waals surface area contributed by atoms with Crippen molar-refractivity contribution in [3.8, 4) is 0 Å². The molecule has 0 saturated heterocycles. The molecular weight excluding hydrogens is 412 g/mol. The average molecular weight is 459 g/mol. The highest BCUT2D eigenvalue weighted by atomic mass is 32.2. The van der Waals surface area contributed by atoms with Gasteiger partial charge in [0.2, 0.25) is 0 Å². The van der Waals surface area contributed by atoms with E-state index in [4.69, 9.17) is 12.2 Å². The Kier molecular flexibility index (Phi) is 20.0. The molecule has 0 aliphatic carbocycles. The minimum absolute atomic E-state index is 0.788. The van der Waals surface area contributed by atoms with Gasteiger partial charge in [0.15, 0.2) is 8.29 Å². The first-order chi connectivity index (χ1) is 14.3. The second-order valence-electron chi connectivity index (χ2n) is 8.45. The van der Waals surface area contributed by atoms with E-state index in [0.29, 0.717) is 0 Å². The van der Waals surface area contributed by atoms with Gasteiger partial charge in [-0.25, -0.2) is 0 Å². The Morgan fingerprint density at radius 2 is 1.03 bits per heavy atom. The molecule has 5 heteroatoms. The van der Waals surface area contributed by atoms with Crippen molar-refractivity contribution in [2.45, 2.75) is 140 Å². The summed E-state index contributed by atoms with van der Waals surface area (Å²) in [5.41, 5.74) is 0. The monoisotopic (exact) mass is 458 g/mol.